The second kappa shape index (κ2) is 4.50. The summed E-state index contributed by atoms with van der Waals surface area (Å²) in [6.45, 7) is 2.58. The van der Waals surface area contributed by atoms with Crippen molar-refractivity contribution in [2.24, 2.45) is 0 Å². The number of hydrogen-bond donors (Lipinski definition) is 2. The van der Waals surface area contributed by atoms with Gasteiger partial charge in [-0.25, -0.2) is 13.1 Å². The van der Waals surface area contributed by atoms with Gasteiger partial charge in [-0.1, -0.05) is 0 Å². The lowest BCUT2D eigenvalue weighted by atomic mass is 10.0. The van der Waals surface area contributed by atoms with Crippen LogP contribution in [0.25, 0.3) is 0 Å². The van der Waals surface area contributed by atoms with Gasteiger partial charge in [-0.3, -0.25) is 0 Å². The summed E-state index contributed by atoms with van der Waals surface area (Å²) in [5.41, 5.74) is 0. The molecule has 1 fully saturated rings. The maximum atomic E-state index is 12.0. The zero-order valence-corrected chi connectivity index (χ0v) is 8.65. The Morgan fingerprint density at radius 1 is 1.50 bits per heavy atom. The van der Waals surface area contributed by atoms with Gasteiger partial charge in [-0.2, -0.15) is 8.78 Å². The van der Waals surface area contributed by atoms with Gasteiger partial charge < -0.3 is 5.32 Å². The molecule has 0 aliphatic carbocycles. The average molecular weight is 228 g/mol. The van der Waals surface area contributed by atoms with Crippen molar-refractivity contribution in [3.8, 4) is 0 Å². The monoisotopic (exact) mass is 228 g/mol. The Morgan fingerprint density at radius 3 is 2.64 bits per heavy atom. The number of nitrogens with one attached hydrogen (secondary N) is 2. The molecule has 0 aromatic heterocycles. The summed E-state index contributed by atoms with van der Waals surface area (Å²) in [6, 6.07) is -0.528. The van der Waals surface area contributed by atoms with Crippen molar-refractivity contribution < 1.29 is 17.2 Å². The van der Waals surface area contributed by atoms with Crippen LogP contribution in [0.1, 0.15) is 19.8 Å². The molecule has 0 radical (unpaired) electrons. The minimum absolute atomic E-state index is 0.0997. The van der Waals surface area contributed by atoms with Crippen molar-refractivity contribution in [2.45, 2.75) is 37.6 Å². The molecule has 0 saturated carbocycles. The summed E-state index contributed by atoms with van der Waals surface area (Å²) < 4.78 is 47.8. The van der Waals surface area contributed by atoms with Gasteiger partial charge in [-0.05, 0) is 26.3 Å². The first kappa shape index (κ1) is 11.8. The predicted octanol–water partition coefficient (Wildman–Crippen LogP) is 0.269. The molecule has 0 amide bonds. The molecular weight excluding hydrogens is 214 g/mol. The molecule has 2 atom stereocenters. The van der Waals surface area contributed by atoms with Gasteiger partial charge in [0, 0.05) is 12.1 Å². The summed E-state index contributed by atoms with van der Waals surface area (Å²) in [4.78, 5) is 0. The Labute approximate surface area is 82.1 Å². The molecule has 4 nitrogen and oxygen atoms in total. The van der Waals surface area contributed by atoms with E-state index in [9.17, 15) is 17.2 Å². The van der Waals surface area contributed by atoms with Crippen LogP contribution >= 0.6 is 0 Å². The van der Waals surface area contributed by atoms with Crippen LogP contribution in [0.15, 0.2) is 0 Å². The van der Waals surface area contributed by atoms with Crippen LogP contribution in [0, 0.1) is 0 Å². The standard InChI is InChI=1S/C7H14F2N2O2S/c1-5-6(3-2-4-10-5)11-14(12,13)7(8)9/h5-7,10-11H,2-4H2,1H3. The van der Waals surface area contributed by atoms with Crippen molar-refractivity contribution in [1.82, 2.24) is 10.0 Å². The highest BCUT2D eigenvalue weighted by Gasteiger charge is 2.30. The summed E-state index contributed by atoms with van der Waals surface area (Å²) in [7, 11) is -4.45. The van der Waals surface area contributed by atoms with Gasteiger partial charge in [-0.15, -0.1) is 0 Å². The Bertz CT molecular complexity index is 281. The molecule has 2 unspecified atom stereocenters. The third-order valence-electron chi connectivity index (χ3n) is 2.31. The van der Waals surface area contributed by atoms with Crippen LogP contribution in [0.5, 0.6) is 0 Å². The van der Waals surface area contributed by atoms with Crippen LogP contribution < -0.4 is 10.0 Å². The van der Waals surface area contributed by atoms with Crippen molar-refractivity contribution in [3.63, 3.8) is 0 Å². The number of alkyl halides is 2. The topological polar surface area (TPSA) is 58.2 Å². The van der Waals surface area contributed by atoms with E-state index in [1.807, 2.05) is 4.72 Å². The molecule has 1 rings (SSSR count). The number of rotatable bonds is 3. The molecular formula is C7H14F2N2O2S. The SMILES string of the molecule is CC1NCCCC1NS(=O)(=O)C(F)F. The fourth-order valence-electron chi connectivity index (χ4n) is 1.47. The van der Waals surface area contributed by atoms with E-state index >= 15 is 0 Å². The minimum Gasteiger partial charge on any atom is -0.313 e. The number of piperidine rings is 1. The summed E-state index contributed by atoms with van der Waals surface area (Å²) in [5.74, 6) is -3.35. The van der Waals surface area contributed by atoms with E-state index in [1.54, 1.807) is 6.92 Å². The number of halogens is 2. The second-order valence-electron chi connectivity index (χ2n) is 3.42. The van der Waals surface area contributed by atoms with Crippen molar-refractivity contribution >= 4 is 10.0 Å². The molecule has 14 heavy (non-hydrogen) atoms. The minimum atomic E-state index is -4.45. The Kier molecular flexibility index (Phi) is 3.79. The fourth-order valence-corrected chi connectivity index (χ4v) is 2.31. The molecule has 0 bridgehead atoms. The zero-order valence-electron chi connectivity index (χ0n) is 7.83. The van der Waals surface area contributed by atoms with Crippen LogP contribution in [-0.4, -0.2) is 32.8 Å². The van der Waals surface area contributed by atoms with Crippen LogP contribution in [0.4, 0.5) is 8.78 Å². The average Bonchev–Trinajstić information content (AvgIpc) is 2.08. The smallest absolute Gasteiger partial charge is 0.313 e. The summed E-state index contributed by atoms with van der Waals surface area (Å²) in [6.07, 6.45) is 1.39. The molecule has 84 valence electrons. The van der Waals surface area contributed by atoms with E-state index < -0.39 is 21.8 Å². The van der Waals surface area contributed by atoms with Gasteiger partial charge in [0.1, 0.15) is 0 Å². The van der Waals surface area contributed by atoms with Crippen LogP contribution in [0.3, 0.4) is 0 Å². The molecule has 0 aromatic rings. The largest absolute Gasteiger partial charge is 0.350 e. The molecule has 1 aliphatic heterocycles. The van der Waals surface area contributed by atoms with Crippen LogP contribution in [-0.2, 0) is 10.0 Å². The Balaban J connectivity index is 2.58. The number of sulfonamides is 1. The lowest BCUT2D eigenvalue weighted by Crippen LogP contribution is -2.52. The summed E-state index contributed by atoms with van der Waals surface area (Å²) in [5, 5.41) is 3.02. The first-order chi connectivity index (χ1) is 6.43. The van der Waals surface area contributed by atoms with Crippen molar-refractivity contribution in [2.75, 3.05) is 6.54 Å². The first-order valence-electron chi connectivity index (χ1n) is 4.46. The molecule has 1 saturated heterocycles. The highest BCUT2D eigenvalue weighted by atomic mass is 32.2. The molecule has 2 N–H and O–H groups in total. The van der Waals surface area contributed by atoms with Crippen molar-refractivity contribution in [1.29, 1.82) is 0 Å². The van der Waals surface area contributed by atoms with E-state index in [0.717, 1.165) is 13.0 Å². The normalized spacial score (nSPS) is 29.4. The first-order valence-corrected chi connectivity index (χ1v) is 6.01. The third kappa shape index (κ3) is 2.86. The van der Waals surface area contributed by atoms with Gasteiger partial charge in [0.05, 0.1) is 0 Å². The fraction of sp³-hybridized carbons (Fsp3) is 1.00. The zero-order chi connectivity index (χ0) is 10.8. The number of hydrogen-bond acceptors (Lipinski definition) is 3. The maximum absolute atomic E-state index is 12.0. The van der Waals surface area contributed by atoms with Gasteiger partial charge in [0.2, 0.25) is 0 Å². The third-order valence-corrected chi connectivity index (χ3v) is 3.41. The van der Waals surface area contributed by atoms with E-state index in [2.05, 4.69) is 5.32 Å². The Hall–Kier alpha value is -0.270. The lowest BCUT2D eigenvalue weighted by Gasteiger charge is -2.30. The highest BCUT2D eigenvalue weighted by Crippen LogP contribution is 2.12. The molecule has 7 heteroatoms. The lowest BCUT2D eigenvalue weighted by molar-refractivity contribution is 0.228. The Morgan fingerprint density at radius 2 is 2.14 bits per heavy atom. The van der Waals surface area contributed by atoms with Crippen LogP contribution in [0.2, 0.25) is 0 Å². The van der Waals surface area contributed by atoms with E-state index in [1.165, 1.54) is 0 Å². The van der Waals surface area contributed by atoms with Gasteiger partial charge in [0.15, 0.2) is 0 Å². The highest BCUT2D eigenvalue weighted by molar-refractivity contribution is 7.89. The van der Waals surface area contributed by atoms with Gasteiger partial charge in [0.25, 0.3) is 10.0 Å². The summed E-state index contributed by atoms with van der Waals surface area (Å²) >= 11 is 0. The maximum Gasteiger partial charge on any atom is 0.350 e. The molecule has 1 heterocycles. The molecule has 1 aliphatic rings. The quantitative estimate of drug-likeness (QED) is 0.729. The van der Waals surface area contributed by atoms with E-state index in [0.29, 0.717) is 6.42 Å². The van der Waals surface area contributed by atoms with Crippen molar-refractivity contribution in [3.05, 3.63) is 0 Å². The van der Waals surface area contributed by atoms with E-state index in [4.69, 9.17) is 0 Å². The second-order valence-corrected chi connectivity index (χ2v) is 5.10. The van der Waals surface area contributed by atoms with Gasteiger partial charge >= 0.3 is 5.76 Å². The van der Waals surface area contributed by atoms with E-state index in [-0.39, 0.29) is 6.04 Å². The molecule has 0 spiro atoms. The molecule has 0 aromatic carbocycles. The predicted molar refractivity (Wildman–Crippen MR) is 48.5 cm³/mol.